The zero-order valence-electron chi connectivity index (χ0n) is 19.8. The van der Waals surface area contributed by atoms with Crippen LogP contribution in [0.1, 0.15) is 75.5 Å². The first-order valence-corrected chi connectivity index (χ1v) is 12.1. The van der Waals surface area contributed by atoms with Gasteiger partial charge in [0.05, 0.1) is 12.3 Å². The molecule has 6 heteroatoms. The highest BCUT2D eigenvalue weighted by Crippen LogP contribution is 2.60. The maximum atomic E-state index is 13.6. The van der Waals surface area contributed by atoms with Gasteiger partial charge in [0.1, 0.15) is 16.8 Å². The number of nitrogens with zero attached hydrogens (tertiary/aromatic N) is 3. The molecule has 1 amide bonds. The summed E-state index contributed by atoms with van der Waals surface area (Å²) in [5, 5.41) is 0. The van der Waals surface area contributed by atoms with Crippen molar-refractivity contribution in [2.45, 2.75) is 64.7 Å². The Morgan fingerprint density at radius 2 is 1.78 bits per heavy atom. The second-order valence-electron chi connectivity index (χ2n) is 11.2. The smallest absolute Gasteiger partial charge is 0.317 e. The minimum Gasteiger partial charge on any atom is -0.465 e. The van der Waals surface area contributed by atoms with Crippen LogP contribution in [0.4, 0.5) is 0 Å². The Balaban J connectivity index is 1.40. The van der Waals surface area contributed by atoms with Gasteiger partial charge in [0.15, 0.2) is 0 Å². The minimum absolute atomic E-state index is 0.0178. The largest absolute Gasteiger partial charge is 0.465 e. The summed E-state index contributed by atoms with van der Waals surface area (Å²) in [4.78, 5) is 32.6. The van der Waals surface area contributed by atoms with Crippen molar-refractivity contribution in [2.75, 3.05) is 20.2 Å². The Morgan fingerprint density at radius 3 is 2.38 bits per heavy atom. The minimum atomic E-state index is -0.882. The van der Waals surface area contributed by atoms with E-state index in [2.05, 4.69) is 4.98 Å². The Hall–Kier alpha value is -2.37. The molecule has 0 atom stereocenters. The Kier molecular flexibility index (Phi) is 5.10. The molecule has 172 valence electrons. The van der Waals surface area contributed by atoms with Crippen LogP contribution < -0.4 is 0 Å². The van der Waals surface area contributed by atoms with E-state index in [-0.39, 0.29) is 11.9 Å². The van der Waals surface area contributed by atoms with Gasteiger partial charge >= 0.3 is 5.97 Å². The van der Waals surface area contributed by atoms with Crippen molar-refractivity contribution in [3.8, 4) is 0 Å². The van der Waals surface area contributed by atoms with Crippen LogP contribution >= 0.6 is 0 Å². The van der Waals surface area contributed by atoms with Crippen LogP contribution in [0.15, 0.2) is 24.4 Å². The van der Waals surface area contributed by atoms with E-state index in [4.69, 9.17) is 4.74 Å². The number of rotatable bonds is 6. The number of pyridine rings is 1. The number of hydrogen-bond acceptors (Lipinski definition) is 4. The van der Waals surface area contributed by atoms with E-state index in [0.717, 1.165) is 24.3 Å². The van der Waals surface area contributed by atoms with Crippen molar-refractivity contribution in [3.63, 3.8) is 0 Å². The van der Waals surface area contributed by atoms with Gasteiger partial charge in [-0.15, -0.1) is 0 Å². The SMILES string of the molecule is CCOC(=O)C(C)(C)c1cn2c(C(=O)N(C)CC34CC5CC(CC(C5)C3)C4)cccc2n1. The first-order valence-electron chi connectivity index (χ1n) is 12.1. The van der Waals surface area contributed by atoms with Gasteiger partial charge < -0.3 is 9.64 Å². The van der Waals surface area contributed by atoms with Gasteiger partial charge in [0.25, 0.3) is 5.91 Å². The van der Waals surface area contributed by atoms with E-state index in [1.54, 1.807) is 6.92 Å². The Morgan fingerprint density at radius 1 is 1.16 bits per heavy atom. The molecule has 4 fully saturated rings. The highest BCUT2D eigenvalue weighted by atomic mass is 16.5. The third-order valence-electron chi connectivity index (χ3n) is 8.22. The van der Waals surface area contributed by atoms with Gasteiger partial charge in [-0.05, 0) is 94.6 Å². The average Bonchev–Trinajstić information content (AvgIpc) is 3.17. The van der Waals surface area contributed by atoms with Gasteiger partial charge in [-0.3, -0.25) is 14.0 Å². The van der Waals surface area contributed by atoms with Gasteiger partial charge in [0.2, 0.25) is 0 Å². The standard InChI is InChI=1S/C26H35N3O3/c1-5-32-24(31)25(2,3)21-15-29-20(7-6-8-22(29)27-21)23(30)28(4)16-26-12-17-9-18(13-26)11-19(10-17)14-26/h6-8,15,17-19H,5,9-14,16H2,1-4H3. The summed E-state index contributed by atoms with van der Waals surface area (Å²) < 4.78 is 7.07. The molecule has 0 radical (unpaired) electrons. The summed E-state index contributed by atoms with van der Waals surface area (Å²) in [5.41, 5.74) is 1.30. The number of aromatic nitrogens is 2. The fourth-order valence-electron chi connectivity index (χ4n) is 7.16. The van der Waals surface area contributed by atoms with Crippen molar-refractivity contribution in [2.24, 2.45) is 23.2 Å². The van der Waals surface area contributed by atoms with Crippen LogP contribution in [0.2, 0.25) is 0 Å². The molecular formula is C26H35N3O3. The predicted molar refractivity (Wildman–Crippen MR) is 122 cm³/mol. The molecule has 0 saturated heterocycles. The lowest BCUT2D eigenvalue weighted by Crippen LogP contribution is -2.51. The van der Waals surface area contributed by atoms with E-state index in [1.807, 2.05) is 54.6 Å². The number of carbonyl (C=O) groups is 2. The zero-order valence-corrected chi connectivity index (χ0v) is 19.8. The van der Waals surface area contributed by atoms with Crippen LogP contribution in [-0.2, 0) is 14.9 Å². The van der Waals surface area contributed by atoms with E-state index in [9.17, 15) is 9.59 Å². The molecule has 6 nitrogen and oxygen atoms in total. The third-order valence-corrected chi connectivity index (χ3v) is 8.22. The fraction of sp³-hybridized carbons (Fsp3) is 0.654. The van der Waals surface area contributed by atoms with Crippen molar-refractivity contribution in [1.29, 1.82) is 0 Å². The number of ether oxygens (including phenoxy) is 1. The summed E-state index contributed by atoms with van der Waals surface area (Å²) in [6.07, 6.45) is 9.88. The highest BCUT2D eigenvalue weighted by molar-refractivity contribution is 5.93. The van der Waals surface area contributed by atoms with Crippen molar-refractivity contribution < 1.29 is 14.3 Å². The lowest BCUT2D eigenvalue weighted by Gasteiger charge is -2.57. The summed E-state index contributed by atoms with van der Waals surface area (Å²) in [5.74, 6) is 2.32. The molecule has 0 unspecified atom stereocenters. The van der Waals surface area contributed by atoms with E-state index in [0.29, 0.717) is 29.1 Å². The number of esters is 1. The molecule has 2 aromatic rings. The molecular weight excluding hydrogens is 402 g/mol. The lowest BCUT2D eigenvalue weighted by molar-refractivity contribution is -0.148. The van der Waals surface area contributed by atoms with Crippen LogP contribution in [0.5, 0.6) is 0 Å². The lowest BCUT2D eigenvalue weighted by atomic mass is 9.49. The van der Waals surface area contributed by atoms with Gasteiger partial charge in [-0.2, -0.15) is 0 Å². The predicted octanol–water partition coefficient (Wildman–Crippen LogP) is 4.46. The maximum Gasteiger partial charge on any atom is 0.317 e. The number of fused-ring (bicyclic) bond motifs is 1. The van der Waals surface area contributed by atoms with E-state index < -0.39 is 5.41 Å². The van der Waals surface area contributed by atoms with E-state index >= 15 is 0 Å². The molecule has 4 aliphatic carbocycles. The van der Waals surface area contributed by atoms with Crippen molar-refractivity contribution in [3.05, 3.63) is 35.8 Å². The first-order chi connectivity index (χ1) is 15.2. The van der Waals surface area contributed by atoms with Gasteiger partial charge in [-0.25, -0.2) is 4.98 Å². The topological polar surface area (TPSA) is 63.9 Å². The fourth-order valence-corrected chi connectivity index (χ4v) is 7.16. The number of amides is 1. The Labute approximate surface area is 190 Å². The molecule has 4 aliphatic rings. The quantitative estimate of drug-likeness (QED) is 0.626. The zero-order chi connectivity index (χ0) is 22.7. The van der Waals surface area contributed by atoms with E-state index in [1.165, 1.54) is 38.5 Å². The third kappa shape index (κ3) is 3.52. The summed E-state index contributed by atoms with van der Waals surface area (Å²) in [6, 6.07) is 5.60. The maximum absolute atomic E-state index is 13.6. The van der Waals surface area contributed by atoms with Crippen LogP contribution in [-0.4, -0.2) is 46.4 Å². The van der Waals surface area contributed by atoms with Crippen molar-refractivity contribution in [1.82, 2.24) is 14.3 Å². The van der Waals surface area contributed by atoms with Gasteiger partial charge in [0, 0.05) is 19.8 Å². The van der Waals surface area contributed by atoms with Gasteiger partial charge in [-0.1, -0.05) is 6.07 Å². The molecule has 0 aromatic carbocycles. The molecule has 6 rings (SSSR count). The monoisotopic (exact) mass is 437 g/mol. The van der Waals surface area contributed by atoms with Crippen LogP contribution in [0.3, 0.4) is 0 Å². The summed E-state index contributed by atoms with van der Waals surface area (Å²) in [7, 11) is 1.94. The molecule has 2 aromatic heterocycles. The average molecular weight is 438 g/mol. The van der Waals surface area contributed by atoms with Crippen LogP contribution in [0.25, 0.3) is 5.65 Å². The summed E-state index contributed by atoms with van der Waals surface area (Å²) in [6.45, 7) is 6.59. The number of imidazole rings is 1. The highest BCUT2D eigenvalue weighted by Gasteiger charge is 2.51. The molecule has 0 aliphatic heterocycles. The first kappa shape index (κ1) is 21.5. The Bertz CT molecular complexity index is 1020. The normalized spacial score (nSPS) is 28.8. The second kappa shape index (κ2) is 7.60. The number of carbonyl (C=O) groups excluding carboxylic acids is 2. The molecule has 4 saturated carbocycles. The second-order valence-corrected chi connectivity index (χ2v) is 11.2. The number of hydrogen-bond donors (Lipinski definition) is 0. The molecule has 2 heterocycles. The van der Waals surface area contributed by atoms with Crippen molar-refractivity contribution >= 4 is 17.5 Å². The summed E-state index contributed by atoms with van der Waals surface area (Å²) >= 11 is 0. The molecule has 0 N–H and O–H groups in total. The molecule has 32 heavy (non-hydrogen) atoms. The molecule has 0 spiro atoms. The van der Waals surface area contributed by atoms with Crippen LogP contribution in [0, 0.1) is 23.2 Å². The molecule has 4 bridgehead atoms.